The molecule has 0 atom stereocenters. The smallest absolute Gasteiger partial charge is 0.311 e. The van der Waals surface area contributed by atoms with E-state index >= 15 is 0 Å². The van der Waals surface area contributed by atoms with Crippen molar-refractivity contribution in [2.24, 2.45) is 0 Å². The minimum Gasteiger partial charge on any atom is -0.481 e. The molecule has 0 saturated carbocycles. The Morgan fingerprint density at radius 1 is 1.20 bits per heavy atom. The number of nitrogens with zero attached hydrogens (tertiary/aromatic N) is 3. The van der Waals surface area contributed by atoms with Crippen molar-refractivity contribution in [3.05, 3.63) is 93.1 Å². The van der Waals surface area contributed by atoms with Crippen molar-refractivity contribution in [1.29, 1.82) is 0 Å². The van der Waals surface area contributed by atoms with Gasteiger partial charge in [0, 0.05) is 17.6 Å². The molecule has 0 aliphatic rings. The van der Waals surface area contributed by atoms with Gasteiger partial charge in [-0.15, -0.1) is 11.3 Å². The first-order valence-corrected chi connectivity index (χ1v) is 9.99. The minimum atomic E-state index is -0.444. The normalized spacial score (nSPS) is 10.7. The van der Waals surface area contributed by atoms with Crippen molar-refractivity contribution in [3.63, 3.8) is 0 Å². The largest absolute Gasteiger partial charge is 0.481 e. The number of carbonyl (C=O) groups excluding carboxylic acids is 1. The van der Waals surface area contributed by atoms with E-state index in [4.69, 9.17) is 4.74 Å². The molecule has 30 heavy (non-hydrogen) atoms. The Labute approximate surface area is 176 Å². The predicted octanol–water partition coefficient (Wildman–Crippen LogP) is 5.21. The van der Waals surface area contributed by atoms with Crippen LogP contribution in [0.1, 0.15) is 21.6 Å². The number of rotatable bonds is 7. The average molecular weight is 419 g/mol. The lowest BCUT2D eigenvalue weighted by Gasteiger charge is -2.12. The van der Waals surface area contributed by atoms with Crippen LogP contribution in [-0.2, 0) is 6.61 Å². The number of ether oxygens (including phenoxy) is 1. The Balaban J connectivity index is 1.77. The number of nitro benzene ring substituents is 1. The molecule has 0 bridgehead atoms. The van der Waals surface area contributed by atoms with Crippen LogP contribution < -0.4 is 4.74 Å². The Morgan fingerprint density at radius 2 is 2.00 bits per heavy atom. The highest BCUT2D eigenvalue weighted by Gasteiger charge is 2.23. The summed E-state index contributed by atoms with van der Waals surface area (Å²) in [6.07, 6.45) is 2.50. The molecule has 0 aliphatic heterocycles. The number of hydrogen-bond acceptors (Lipinski definition) is 6. The first-order chi connectivity index (χ1) is 14.6. The van der Waals surface area contributed by atoms with E-state index in [0.717, 1.165) is 17.4 Å². The third kappa shape index (κ3) is 3.85. The number of aryl methyl sites for hydroxylation is 1. The van der Waals surface area contributed by atoms with Crippen molar-refractivity contribution in [2.75, 3.05) is 0 Å². The molecule has 150 valence electrons. The van der Waals surface area contributed by atoms with Crippen LogP contribution in [0.15, 0.2) is 66.2 Å². The summed E-state index contributed by atoms with van der Waals surface area (Å²) >= 11 is 1.34. The van der Waals surface area contributed by atoms with Gasteiger partial charge in [-0.3, -0.25) is 19.5 Å². The van der Waals surface area contributed by atoms with Crippen molar-refractivity contribution in [3.8, 4) is 22.1 Å². The summed E-state index contributed by atoms with van der Waals surface area (Å²) in [7, 11) is 0. The Kier molecular flexibility index (Phi) is 5.40. The van der Waals surface area contributed by atoms with Crippen LogP contribution in [0.2, 0.25) is 0 Å². The van der Waals surface area contributed by atoms with Gasteiger partial charge in [-0.2, -0.15) is 0 Å². The maximum Gasteiger partial charge on any atom is 0.311 e. The van der Waals surface area contributed by atoms with Gasteiger partial charge in [0.1, 0.15) is 6.61 Å². The van der Waals surface area contributed by atoms with E-state index in [9.17, 15) is 14.9 Å². The van der Waals surface area contributed by atoms with Crippen LogP contribution in [0.3, 0.4) is 0 Å². The molecule has 0 radical (unpaired) electrons. The number of hydrogen-bond donors (Lipinski definition) is 0. The molecule has 0 saturated heterocycles. The van der Waals surface area contributed by atoms with E-state index < -0.39 is 4.92 Å². The van der Waals surface area contributed by atoms with Gasteiger partial charge in [-0.25, -0.2) is 4.98 Å². The van der Waals surface area contributed by atoms with Crippen LogP contribution in [0.5, 0.6) is 5.75 Å². The molecule has 0 N–H and O–H groups in total. The van der Waals surface area contributed by atoms with Gasteiger partial charge in [0.2, 0.25) is 5.75 Å². The Morgan fingerprint density at radius 3 is 2.73 bits per heavy atom. The van der Waals surface area contributed by atoms with Crippen molar-refractivity contribution in [1.82, 2.24) is 9.55 Å². The van der Waals surface area contributed by atoms with Gasteiger partial charge in [0.05, 0.1) is 21.9 Å². The summed E-state index contributed by atoms with van der Waals surface area (Å²) in [5.74, 6) is 0.175. The van der Waals surface area contributed by atoms with Crippen LogP contribution in [0.4, 0.5) is 5.69 Å². The van der Waals surface area contributed by atoms with Crippen LogP contribution in [0, 0.1) is 17.0 Å². The topological polar surface area (TPSA) is 87.3 Å². The standard InChI is InChI=1S/C22H17N3O4S/c1-15-10-18(19-14-30-22(23-19)24-9-5-8-17(24)12-26)21(20(11-15)25(27)28)29-13-16-6-3-2-4-7-16/h2-12,14H,13H2,1H3. The predicted molar refractivity (Wildman–Crippen MR) is 114 cm³/mol. The molecule has 4 rings (SSSR count). The first-order valence-electron chi connectivity index (χ1n) is 9.11. The van der Waals surface area contributed by atoms with Crippen molar-refractivity contribution >= 4 is 23.3 Å². The number of benzene rings is 2. The highest BCUT2D eigenvalue weighted by atomic mass is 32.1. The third-order valence-corrected chi connectivity index (χ3v) is 5.35. The number of aldehydes is 1. The van der Waals surface area contributed by atoms with E-state index in [1.165, 1.54) is 17.4 Å². The fourth-order valence-electron chi connectivity index (χ4n) is 3.12. The fraction of sp³-hybridized carbons (Fsp3) is 0.0909. The van der Waals surface area contributed by atoms with Gasteiger partial charge in [0.25, 0.3) is 0 Å². The van der Waals surface area contributed by atoms with E-state index in [2.05, 4.69) is 4.98 Å². The Hall–Kier alpha value is -3.78. The van der Waals surface area contributed by atoms with E-state index in [1.807, 2.05) is 36.4 Å². The second kappa shape index (κ2) is 8.30. The molecule has 8 heteroatoms. The summed E-state index contributed by atoms with van der Waals surface area (Å²) in [5.41, 5.74) is 3.10. The van der Waals surface area contributed by atoms with Crippen molar-refractivity contribution < 1.29 is 14.5 Å². The lowest BCUT2D eigenvalue weighted by atomic mass is 10.1. The second-order valence-corrected chi connectivity index (χ2v) is 7.46. The monoisotopic (exact) mass is 419 g/mol. The molecule has 2 aromatic carbocycles. The van der Waals surface area contributed by atoms with Gasteiger partial charge in [-0.1, -0.05) is 30.3 Å². The molecule has 0 unspecified atom stereocenters. The molecule has 0 spiro atoms. The fourth-order valence-corrected chi connectivity index (χ4v) is 3.95. The third-order valence-electron chi connectivity index (χ3n) is 4.51. The van der Waals surface area contributed by atoms with Crippen LogP contribution >= 0.6 is 11.3 Å². The summed E-state index contributed by atoms with van der Waals surface area (Å²) in [6.45, 7) is 1.99. The molecular weight excluding hydrogens is 402 g/mol. The summed E-state index contributed by atoms with van der Waals surface area (Å²) < 4.78 is 7.61. The first kappa shape index (κ1) is 19.5. The minimum absolute atomic E-state index is 0.106. The summed E-state index contributed by atoms with van der Waals surface area (Å²) in [4.78, 5) is 27.1. The summed E-state index contributed by atoms with van der Waals surface area (Å²) in [6, 6.07) is 16.2. The molecule has 0 aliphatic carbocycles. The number of aromatic nitrogens is 2. The van der Waals surface area contributed by atoms with Crippen molar-refractivity contribution in [2.45, 2.75) is 13.5 Å². The zero-order valence-electron chi connectivity index (χ0n) is 16.0. The van der Waals surface area contributed by atoms with Gasteiger partial charge >= 0.3 is 5.69 Å². The van der Waals surface area contributed by atoms with Gasteiger partial charge in [0.15, 0.2) is 11.4 Å². The maximum atomic E-state index is 11.7. The number of thiazole rings is 1. The molecule has 2 heterocycles. The molecule has 4 aromatic rings. The highest BCUT2D eigenvalue weighted by Crippen LogP contribution is 2.40. The van der Waals surface area contributed by atoms with E-state index in [0.29, 0.717) is 22.1 Å². The van der Waals surface area contributed by atoms with Gasteiger partial charge < -0.3 is 4.74 Å². The molecule has 0 amide bonds. The molecule has 0 fully saturated rings. The lowest BCUT2D eigenvalue weighted by Crippen LogP contribution is -2.02. The SMILES string of the molecule is Cc1cc(-c2csc(-n3cccc3C=O)n2)c(OCc2ccccc2)c([N+](=O)[O-])c1. The quantitative estimate of drug-likeness (QED) is 0.233. The van der Waals surface area contributed by atoms with Crippen LogP contribution in [0.25, 0.3) is 16.4 Å². The summed E-state index contributed by atoms with van der Waals surface area (Å²) in [5, 5.41) is 14.1. The maximum absolute atomic E-state index is 11.7. The lowest BCUT2D eigenvalue weighted by molar-refractivity contribution is -0.385. The van der Waals surface area contributed by atoms with Gasteiger partial charge in [-0.05, 0) is 36.2 Å². The van der Waals surface area contributed by atoms with E-state index in [1.54, 1.807) is 35.2 Å². The van der Waals surface area contributed by atoms with Crippen LogP contribution in [-0.4, -0.2) is 20.8 Å². The zero-order valence-corrected chi connectivity index (χ0v) is 16.8. The van der Waals surface area contributed by atoms with E-state index in [-0.39, 0.29) is 18.0 Å². The number of nitro groups is 1. The molecule has 7 nitrogen and oxygen atoms in total. The molecular formula is C22H17N3O4S. The number of carbonyl (C=O) groups is 1. The molecule has 2 aromatic heterocycles. The Bertz CT molecular complexity index is 1210. The zero-order chi connectivity index (χ0) is 21.1. The highest BCUT2D eigenvalue weighted by molar-refractivity contribution is 7.12. The second-order valence-electron chi connectivity index (χ2n) is 6.63. The average Bonchev–Trinajstić information content (AvgIpc) is 3.42.